The van der Waals surface area contributed by atoms with E-state index >= 15 is 0 Å². The Labute approximate surface area is 140 Å². The second-order valence-electron chi connectivity index (χ2n) is 5.43. The van der Waals surface area contributed by atoms with Crippen LogP contribution in [0.5, 0.6) is 23.0 Å². The molecule has 124 valence electrons. The molecule has 0 aliphatic heterocycles. The van der Waals surface area contributed by atoms with Gasteiger partial charge in [0.15, 0.2) is 17.3 Å². The molecule has 0 saturated heterocycles. The molecule has 1 aliphatic rings. The van der Waals surface area contributed by atoms with Crippen molar-refractivity contribution in [1.29, 1.82) is 0 Å². The third-order valence-electron chi connectivity index (χ3n) is 4.12. The van der Waals surface area contributed by atoms with Gasteiger partial charge >= 0.3 is 0 Å². The lowest BCUT2D eigenvalue weighted by molar-refractivity contribution is 0.104. The van der Waals surface area contributed by atoms with Crippen LogP contribution in [-0.2, 0) is 6.42 Å². The molecule has 0 unspecified atom stereocenters. The molecule has 2 aromatic rings. The van der Waals surface area contributed by atoms with Gasteiger partial charge in [-0.3, -0.25) is 4.79 Å². The van der Waals surface area contributed by atoms with Gasteiger partial charge in [0.1, 0.15) is 11.5 Å². The highest BCUT2D eigenvalue weighted by molar-refractivity contribution is 6.16. The Morgan fingerprint density at radius 1 is 1.00 bits per heavy atom. The maximum Gasteiger partial charge on any atom is 0.189 e. The third-order valence-corrected chi connectivity index (χ3v) is 4.12. The molecule has 5 heteroatoms. The smallest absolute Gasteiger partial charge is 0.189 e. The Balaban J connectivity index is 2.07. The zero-order valence-corrected chi connectivity index (χ0v) is 13.8. The van der Waals surface area contributed by atoms with Crippen molar-refractivity contribution in [2.45, 2.75) is 6.42 Å². The summed E-state index contributed by atoms with van der Waals surface area (Å²) in [6, 6.07) is 8.47. The molecule has 0 amide bonds. The van der Waals surface area contributed by atoms with E-state index in [1.807, 2.05) is 0 Å². The van der Waals surface area contributed by atoms with Gasteiger partial charge in [-0.25, -0.2) is 0 Å². The van der Waals surface area contributed by atoms with E-state index in [0.717, 1.165) is 0 Å². The van der Waals surface area contributed by atoms with Gasteiger partial charge in [0.05, 0.1) is 21.3 Å². The predicted octanol–water partition coefficient (Wildman–Crippen LogP) is 3.24. The first-order chi connectivity index (χ1) is 11.6. The molecule has 0 bridgehead atoms. The Bertz CT molecular complexity index is 836. The number of methoxy groups -OCH3 is 3. The SMILES string of the molecule is COc1cc(OC)c(OC)cc1/C=C1/Cc2c(O)cccc2C1=O. The molecular weight excluding hydrogens is 308 g/mol. The number of benzene rings is 2. The number of ketones is 1. The number of phenols is 1. The molecule has 2 aromatic carbocycles. The van der Waals surface area contributed by atoms with Gasteiger partial charge in [-0.05, 0) is 18.2 Å². The zero-order chi connectivity index (χ0) is 17.3. The molecular formula is C19H18O5. The third kappa shape index (κ3) is 2.58. The van der Waals surface area contributed by atoms with Crippen LogP contribution < -0.4 is 14.2 Å². The van der Waals surface area contributed by atoms with E-state index in [9.17, 15) is 9.90 Å². The standard InChI is InChI=1S/C19H18O5/c1-22-16-10-18(24-3)17(23-2)9-11(16)7-12-8-14-13(19(12)21)5-4-6-15(14)20/h4-7,9-10,20H,8H2,1-3H3/b12-7-. The number of ether oxygens (including phenoxy) is 3. The predicted molar refractivity (Wildman–Crippen MR) is 90.2 cm³/mol. The summed E-state index contributed by atoms with van der Waals surface area (Å²) in [5, 5.41) is 9.94. The number of carbonyl (C=O) groups is 1. The van der Waals surface area contributed by atoms with Crippen molar-refractivity contribution in [2.75, 3.05) is 21.3 Å². The minimum absolute atomic E-state index is 0.0854. The lowest BCUT2D eigenvalue weighted by Gasteiger charge is -2.12. The summed E-state index contributed by atoms with van der Waals surface area (Å²) in [6.07, 6.45) is 2.15. The summed E-state index contributed by atoms with van der Waals surface area (Å²) in [5.41, 5.74) is 2.51. The molecule has 5 nitrogen and oxygen atoms in total. The summed E-state index contributed by atoms with van der Waals surface area (Å²) in [4.78, 5) is 12.6. The summed E-state index contributed by atoms with van der Waals surface area (Å²) in [5.74, 6) is 1.74. The number of hydrogen-bond acceptors (Lipinski definition) is 5. The molecule has 3 rings (SSSR count). The van der Waals surface area contributed by atoms with Crippen molar-refractivity contribution >= 4 is 11.9 Å². The fourth-order valence-corrected chi connectivity index (χ4v) is 2.89. The fraction of sp³-hybridized carbons (Fsp3) is 0.211. The highest BCUT2D eigenvalue weighted by Gasteiger charge is 2.27. The molecule has 0 saturated carbocycles. The Hall–Kier alpha value is -2.95. The second kappa shape index (κ2) is 6.28. The van der Waals surface area contributed by atoms with E-state index in [0.29, 0.717) is 45.9 Å². The number of phenolic OH excluding ortho intramolecular Hbond substituents is 1. The van der Waals surface area contributed by atoms with Crippen LogP contribution in [0.1, 0.15) is 21.5 Å². The number of carbonyl (C=O) groups excluding carboxylic acids is 1. The first kappa shape index (κ1) is 15.9. The summed E-state index contributed by atoms with van der Waals surface area (Å²) in [6.45, 7) is 0. The van der Waals surface area contributed by atoms with Crippen molar-refractivity contribution < 1.29 is 24.1 Å². The average Bonchev–Trinajstić information content (AvgIpc) is 2.92. The van der Waals surface area contributed by atoms with Crippen molar-refractivity contribution in [3.8, 4) is 23.0 Å². The maximum absolute atomic E-state index is 12.6. The molecule has 0 radical (unpaired) electrons. The van der Waals surface area contributed by atoms with Crippen LogP contribution in [0.15, 0.2) is 35.9 Å². The van der Waals surface area contributed by atoms with Gasteiger partial charge < -0.3 is 19.3 Å². The molecule has 0 spiro atoms. The molecule has 0 heterocycles. The minimum Gasteiger partial charge on any atom is -0.508 e. The van der Waals surface area contributed by atoms with Crippen LogP contribution in [0.2, 0.25) is 0 Å². The lowest BCUT2D eigenvalue weighted by Crippen LogP contribution is -1.98. The fourth-order valence-electron chi connectivity index (χ4n) is 2.89. The van der Waals surface area contributed by atoms with Gasteiger partial charge in [0.2, 0.25) is 0 Å². The molecule has 24 heavy (non-hydrogen) atoms. The van der Waals surface area contributed by atoms with Crippen LogP contribution in [0.4, 0.5) is 0 Å². The highest BCUT2D eigenvalue weighted by Crippen LogP contribution is 2.38. The van der Waals surface area contributed by atoms with Gasteiger partial charge in [-0.15, -0.1) is 0 Å². The summed E-state index contributed by atoms with van der Waals surface area (Å²) < 4.78 is 16.0. The van der Waals surface area contributed by atoms with Crippen molar-refractivity contribution in [3.63, 3.8) is 0 Å². The normalized spacial score (nSPS) is 14.6. The van der Waals surface area contributed by atoms with Gasteiger partial charge in [-0.1, -0.05) is 12.1 Å². The van der Waals surface area contributed by atoms with Gasteiger partial charge in [-0.2, -0.15) is 0 Å². The number of hydrogen-bond donors (Lipinski definition) is 1. The van der Waals surface area contributed by atoms with E-state index in [1.54, 1.807) is 57.7 Å². The Morgan fingerprint density at radius 2 is 1.67 bits per heavy atom. The number of aromatic hydroxyl groups is 1. The zero-order valence-electron chi connectivity index (χ0n) is 13.8. The molecule has 1 aliphatic carbocycles. The van der Waals surface area contributed by atoms with E-state index in [2.05, 4.69) is 0 Å². The maximum atomic E-state index is 12.6. The van der Waals surface area contributed by atoms with Gasteiger partial charge in [0, 0.05) is 34.8 Å². The largest absolute Gasteiger partial charge is 0.508 e. The first-order valence-electron chi connectivity index (χ1n) is 7.45. The van der Waals surface area contributed by atoms with E-state index in [-0.39, 0.29) is 11.5 Å². The number of fused-ring (bicyclic) bond motifs is 1. The van der Waals surface area contributed by atoms with E-state index < -0.39 is 0 Å². The molecule has 0 atom stereocenters. The molecule has 0 fully saturated rings. The van der Waals surface area contributed by atoms with Crippen molar-refractivity contribution in [2.24, 2.45) is 0 Å². The monoisotopic (exact) mass is 326 g/mol. The van der Waals surface area contributed by atoms with Crippen LogP contribution in [-0.4, -0.2) is 32.2 Å². The quantitative estimate of drug-likeness (QED) is 0.874. The summed E-state index contributed by atoms with van der Waals surface area (Å²) in [7, 11) is 4.66. The Kier molecular flexibility index (Phi) is 4.16. The molecule has 0 aromatic heterocycles. The lowest BCUT2D eigenvalue weighted by atomic mass is 10.1. The van der Waals surface area contributed by atoms with Crippen molar-refractivity contribution in [3.05, 3.63) is 52.6 Å². The number of allylic oxidation sites excluding steroid dienone is 1. The second-order valence-corrected chi connectivity index (χ2v) is 5.43. The van der Waals surface area contributed by atoms with Crippen LogP contribution in [0.25, 0.3) is 6.08 Å². The van der Waals surface area contributed by atoms with Crippen LogP contribution in [0, 0.1) is 0 Å². The average molecular weight is 326 g/mol. The van der Waals surface area contributed by atoms with Crippen LogP contribution >= 0.6 is 0 Å². The van der Waals surface area contributed by atoms with Crippen molar-refractivity contribution in [1.82, 2.24) is 0 Å². The number of Topliss-reactive ketones (excluding diaryl/α,β-unsaturated/α-hetero) is 1. The highest BCUT2D eigenvalue weighted by atomic mass is 16.5. The first-order valence-corrected chi connectivity index (χ1v) is 7.45. The van der Waals surface area contributed by atoms with Crippen LogP contribution in [0.3, 0.4) is 0 Å². The van der Waals surface area contributed by atoms with E-state index in [1.165, 1.54) is 0 Å². The van der Waals surface area contributed by atoms with E-state index in [4.69, 9.17) is 14.2 Å². The topological polar surface area (TPSA) is 65.0 Å². The molecule has 1 N–H and O–H groups in total. The van der Waals surface area contributed by atoms with Gasteiger partial charge in [0.25, 0.3) is 0 Å². The Morgan fingerprint density at radius 3 is 2.29 bits per heavy atom. The summed E-state index contributed by atoms with van der Waals surface area (Å²) >= 11 is 0. The minimum atomic E-state index is -0.0854. The number of rotatable bonds is 4.